The summed E-state index contributed by atoms with van der Waals surface area (Å²) < 4.78 is 0. The average molecular weight is 145 g/mol. The van der Waals surface area contributed by atoms with Crippen LogP contribution in [0.3, 0.4) is 0 Å². The number of carboxylic acid groups (broad SMARTS) is 1. The van der Waals surface area contributed by atoms with Crippen molar-refractivity contribution in [2.24, 2.45) is 5.92 Å². The van der Waals surface area contributed by atoms with Crippen LogP contribution in [-0.2, 0) is 9.59 Å². The van der Waals surface area contributed by atoms with Crippen molar-refractivity contribution < 1.29 is 14.7 Å². The highest BCUT2D eigenvalue weighted by Gasteiger charge is 2.18. The third-order valence-electron chi connectivity index (χ3n) is 1.11. The van der Waals surface area contributed by atoms with E-state index in [0.29, 0.717) is 6.54 Å². The van der Waals surface area contributed by atoms with Crippen LogP contribution in [0.5, 0.6) is 0 Å². The number of carboxylic acids is 1. The number of aliphatic carboxylic acids is 1. The Morgan fingerprint density at radius 1 is 1.60 bits per heavy atom. The van der Waals surface area contributed by atoms with Crippen LogP contribution in [0.25, 0.3) is 0 Å². The van der Waals surface area contributed by atoms with Gasteiger partial charge in [0.2, 0.25) is 5.91 Å². The molecule has 0 fully saturated rings. The predicted octanol–water partition coefficient (Wildman–Crippen LogP) is -0.157. The second kappa shape index (κ2) is 3.87. The van der Waals surface area contributed by atoms with E-state index in [-0.39, 0.29) is 0 Å². The highest BCUT2D eigenvalue weighted by molar-refractivity contribution is 5.96. The predicted molar refractivity (Wildman–Crippen MR) is 35.5 cm³/mol. The minimum Gasteiger partial charge on any atom is -0.481 e. The van der Waals surface area contributed by atoms with Gasteiger partial charge in [-0.05, 0) is 13.8 Å². The standard InChI is InChI=1S/C6H11NO3/c1-3-7-5(8)4(2)6(9)10/h4H,3H2,1-2H3,(H,7,8)(H,9,10). The summed E-state index contributed by atoms with van der Waals surface area (Å²) in [6.45, 7) is 3.57. The highest BCUT2D eigenvalue weighted by Crippen LogP contribution is 1.92. The number of nitrogens with one attached hydrogen (secondary N) is 1. The summed E-state index contributed by atoms with van der Waals surface area (Å²) in [6.07, 6.45) is 0. The van der Waals surface area contributed by atoms with Crippen molar-refractivity contribution in [2.75, 3.05) is 6.54 Å². The lowest BCUT2D eigenvalue weighted by molar-refractivity contribution is -0.146. The van der Waals surface area contributed by atoms with Crippen LogP contribution in [0.1, 0.15) is 13.8 Å². The fourth-order valence-corrected chi connectivity index (χ4v) is 0.439. The Bertz CT molecular complexity index is 144. The molecule has 0 rings (SSSR count). The van der Waals surface area contributed by atoms with Crippen LogP contribution in [-0.4, -0.2) is 23.5 Å². The molecule has 0 aromatic carbocycles. The Morgan fingerprint density at radius 3 is 2.40 bits per heavy atom. The second-order valence-electron chi connectivity index (χ2n) is 1.95. The zero-order chi connectivity index (χ0) is 8.15. The van der Waals surface area contributed by atoms with Crippen molar-refractivity contribution in [3.63, 3.8) is 0 Å². The molecule has 4 heteroatoms. The summed E-state index contributed by atoms with van der Waals surface area (Å²) in [6, 6.07) is 0. The minimum atomic E-state index is -1.09. The molecule has 0 aromatic heterocycles. The molecule has 2 N–H and O–H groups in total. The lowest BCUT2D eigenvalue weighted by Crippen LogP contribution is -2.33. The fraction of sp³-hybridized carbons (Fsp3) is 0.667. The van der Waals surface area contributed by atoms with E-state index in [4.69, 9.17) is 5.11 Å². The zero-order valence-corrected chi connectivity index (χ0v) is 6.05. The van der Waals surface area contributed by atoms with Gasteiger partial charge in [-0.2, -0.15) is 0 Å². The van der Waals surface area contributed by atoms with Gasteiger partial charge in [-0.15, -0.1) is 0 Å². The van der Waals surface area contributed by atoms with E-state index < -0.39 is 17.8 Å². The lowest BCUT2D eigenvalue weighted by atomic mass is 10.2. The Balaban J connectivity index is 3.82. The van der Waals surface area contributed by atoms with Gasteiger partial charge in [0.1, 0.15) is 5.92 Å². The number of amides is 1. The van der Waals surface area contributed by atoms with E-state index >= 15 is 0 Å². The van der Waals surface area contributed by atoms with Gasteiger partial charge in [-0.1, -0.05) is 0 Å². The maximum atomic E-state index is 10.7. The summed E-state index contributed by atoms with van der Waals surface area (Å²) in [4.78, 5) is 20.8. The number of hydrogen-bond acceptors (Lipinski definition) is 2. The summed E-state index contributed by atoms with van der Waals surface area (Å²) in [5, 5.41) is 10.7. The third-order valence-corrected chi connectivity index (χ3v) is 1.11. The summed E-state index contributed by atoms with van der Waals surface area (Å²) in [7, 11) is 0. The average Bonchev–Trinajstić information content (AvgIpc) is 1.87. The second-order valence-corrected chi connectivity index (χ2v) is 1.95. The van der Waals surface area contributed by atoms with Gasteiger partial charge >= 0.3 is 5.97 Å². The molecular weight excluding hydrogens is 134 g/mol. The van der Waals surface area contributed by atoms with Crippen LogP contribution >= 0.6 is 0 Å². The number of rotatable bonds is 3. The minimum absolute atomic E-state index is 0.435. The monoisotopic (exact) mass is 145 g/mol. The topological polar surface area (TPSA) is 66.4 Å². The van der Waals surface area contributed by atoms with Crippen LogP contribution in [0.15, 0.2) is 0 Å². The molecule has 0 radical (unpaired) electrons. The fourth-order valence-electron chi connectivity index (χ4n) is 0.439. The Kier molecular flexibility index (Phi) is 3.46. The number of hydrogen-bond donors (Lipinski definition) is 2. The smallest absolute Gasteiger partial charge is 0.315 e. The Hall–Kier alpha value is -1.06. The summed E-state index contributed by atoms with van der Waals surface area (Å²) in [5.41, 5.74) is 0. The van der Waals surface area contributed by atoms with E-state index in [1.54, 1.807) is 6.92 Å². The Labute approximate surface area is 59.2 Å². The number of carbonyl (C=O) groups is 2. The van der Waals surface area contributed by atoms with Gasteiger partial charge in [0.25, 0.3) is 0 Å². The van der Waals surface area contributed by atoms with Gasteiger partial charge in [-0.3, -0.25) is 9.59 Å². The van der Waals surface area contributed by atoms with Crippen molar-refractivity contribution in [3.8, 4) is 0 Å². The van der Waals surface area contributed by atoms with Gasteiger partial charge in [0, 0.05) is 6.54 Å². The largest absolute Gasteiger partial charge is 0.481 e. The van der Waals surface area contributed by atoms with Crippen molar-refractivity contribution in [2.45, 2.75) is 13.8 Å². The molecule has 0 aliphatic heterocycles. The van der Waals surface area contributed by atoms with E-state index in [9.17, 15) is 9.59 Å². The van der Waals surface area contributed by atoms with Crippen molar-refractivity contribution in [3.05, 3.63) is 0 Å². The molecular formula is C6H11NO3. The molecule has 0 saturated heterocycles. The van der Waals surface area contributed by atoms with E-state index in [2.05, 4.69) is 5.32 Å². The van der Waals surface area contributed by atoms with Gasteiger partial charge in [0.15, 0.2) is 0 Å². The normalized spacial score (nSPS) is 12.2. The van der Waals surface area contributed by atoms with Crippen molar-refractivity contribution in [1.82, 2.24) is 5.32 Å². The first kappa shape index (κ1) is 8.94. The van der Waals surface area contributed by atoms with E-state index in [1.807, 2.05) is 0 Å². The van der Waals surface area contributed by atoms with Crippen LogP contribution < -0.4 is 5.32 Å². The SMILES string of the molecule is CCNC(=O)C(C)C(=O)O. The zero-order valence-electron chi connectivity index (χ0n) is 6.05. The molecule has 0 spiro atoms. The van der Waals surface area contributed by atoms with Crippen molar-refractivity contribution >= 4 is 11.9 Å². The first-order valence-electron chi connectivity index (χ1n) is 3.10. The molecule has 1 atom stereocenters. The highest BCUT2D eigenvalue weighted by atomic mass is 16.4. The number of carbonyl (C=O) groups excluding carboxylic acids is 1. The van der Waals surface area contributed by atoms with Crippen molar-refractivity contribution in [1.29, 1.82) is 0 Å². The molecule has 4 nitrogen and oxygen atoms in total. The van der Waals surface area contributed by atoms with E-state index in [0.717, 1.165) is 0 Å². The molecule has 58 valence electrons. The first-order valence-corrected chi connectivity index (χ1v) is 3.10. The molecule has 0 saturated carbocycles. The first-order chi connectivity index (χ1) is 4.59. The molecule has 0 aromatic rings. The lowest BCUT2D eigenvalue weighted by Gasteiger charge is -2.04. The van der Waals surface area contributed by atoms with Gasteiger partial charge in [-0.25, -0.2) is 0 Å². The van der Waals surface area contributed by atoms with Crippen LogP contribution in [0.4, 0.5) is 0 Å². The van der Waals surface area contributed by atoms with Gasteiger partial charge < -0.3 is 10.4 Å². The third kappa shape index (κ3) is 2.48. The van der Waals surface area contributed by atoms with Gasteiger partial charge in [0.05, 0.1) is 0 Å². The molecule has 0 heterocycles. The van der Waals surface area contributed by atoms with E-state index in [1.165, 1.54) is 6.92 Å². The molecule has 0 aliphatic rings. The van der Waals surface area contributed by atoms with Crippen LogP contribution in [0, 0.1) is 5.92 Å². The Morgan fingerprint density at radius 2 is 2.10 bits per heavy atom. The molecule has 10 heavy (non-hydrogen) atoms. The molecule has 0 aliphatic carbocycles. The van der Waals surface area contributed by atoms with Crippen LogP contribution in [0.2, 0.25) is 0 Å². The molecule has 0 bridgehead atoms. The maximum Gasteiger partial charge on any atom is 0.315 e. The maximum absolute atomic E-state index is 10.7. The summed E-state index contributed by atoms with van der Waals surface area (Å²) >= 11 is 0. The summed E-state index contributed by atoms with van der Waals surface area (Å²) in [5.74, 6) is -2.47. The quantitative estimate of drug-likeness (QED) is 0.542. The molecule has 1 amide bonds. The molecule has 1 unspecified atom stereocenters.